The molecule has 1 aliphatic rings. The summed E-state index contributed by atoms with van der Waals surface area (Å²) in [6.07, 6.45) is 1.79. The average molecular weight is 214 g/mol. The first kappa shape index (κ1) is 9.47. The maximum absolute atomic E-state index is 10.7. The smallest absolute Gasteiger partial charge is 0.321 e. The van der Waals surface area contributed by atoms with Crippen molar-refractivity contribution in [3.8, 4) is 0 Å². The van der Waals surface area contributed by atoms with E-state index in [9.17, 15) is 4.79 Å². The highest BCUT2D eigenvalue weighted by atomic mass is 32.2. The van der Waals surface area contributed by atoms with Gasteiger partial charge < -0.3 is 5.11 Å². The molecule has 0 radical (unpaired) electrons. The zero-order valence-electron chi connectivity index (χ0n) is 7.54. The van der Waals surface area contributed by atoms with Crippen LogP contribution in [0.3, 0.4) is 0 Å². The Morgan fingerprint density at radius 1 is 1.86 bits per heavy atom. The number of rotatable bonds is 2. The minimum absolute atomic E-state index is 0.0511. The number of hydrogen-bond donors (Lipinski definition) is 2. The molecule has 0 spiro atoms. The number of thioether (sulfide) groups is 1. The second-order valence-corrected chi connectivity index (χ2v) is 4.23. The van der Waals surface area contributed by atoms with Gasteiger partial charge in [-0.2, -0.15) is 0 Å². The van der Waals surface area contributed by atoms with Crippen LogP contribution in [0.1, 0.15) is 11.1 Å². The number of nitrogens with one attached hydrogen (secondary N) is 1. The minimum Gasteiger partial charge on any atom is -0.480 e. The number of aryl methyl sites for hydroxylation is 1. The van der Waals surface area contributed by atoms with E-state index in [-0.39, 0.29) is 5.37 Å². The lowest BCUT2D eigenvalue weighted by atomic mass is 10.3. The first-order valence-corrected chi connectivity index (χ1v) is 5.18. The molecule has 0 aromatic carbocycles. The van der Waals surface area contributed by atoms with Crippen LogP contribution < -0.4 is 5.32 Å². The Balaban J connectivity index is 2.05. The van der Waals surface area contributed by atoms with E-state index in [0.717, 1.165) is 5.69 Å². The molecule has 0 aliphatic carbocycles. The first-order valence-electron chi connectivity index (χ1n) is 4.13. The summed E-state index contributed by atoms with van der Waals surface area (Å²) < 4.78 is 1.60. The Kier molecular flexibility index (Phi) is 2.42. The summed E-state index contributed by atoms with van der Waals surface area (Å²) in [4.78, 5) is 10.7. The summed E-state index contributed by atoms with van der Waals surface area (Å²) in [5.74, 6) is -0.250. The standard InChI is InChI=1S/C7H10N4O2S/c1-11-2-4(9-10-11)6-8-5(3-14-6)7(12)13/h2,5-6,8H,3H2,1H3,(H,12,13). The average Bonchev–Trinajstić information content (AvgIpc) is 2.70. The fourth-order valence-electron chi connectivity index (χ4n) is 1.27. The van der Waals surface area contributed by atoms with Gasteiger partial charge in [0.2, 0.25) is 0 Å². The fraction of sp³-hybridized carbons (Fsp3) is 0.571. The molecule has 1 fully saturated rings. The minimum atomic E-state index is -0.816. The third-order valence-corrected chi connectivity index (χ3v) is 3.21. The molecule has 2 N–H and O–H groups in total. The van der Waals surface area contributed by atoms with E-state index >= 15 is 0 Å². The molecule has 1 aliphatic heterocycles. The quantitative estimate of drug-likeness (QED) is 0.697. The highest BCUT2D eigenvalue weighted by molar-refractivity contribution is 7.99. The van der Waals surface area contributed by atoms with Crippen molar-refractivity contribution in [1.29, 1.82) is 0 Å². The number of carboxylic acid groups (broad SMARTS) is 1. The molecule has 2 unspecified atom stereocenters. The van der Waals surface area contributed by atoms with Gasteiger partial charge in [0.05, 0.1) is 6.20 Å². The number of aromatic nitrogens is 3. The zero-order chi connectivity index (χ0) is 10.1. The molecule has 1 aromatic rings. The van der Waals surface area contributed by atoms with Gasteiger partial charge in [-0.25, -0.2) is 0 Å². The van der Waals surface area contributed by atoms with Crippen LogP contribution in [0, 0.1) is 0 Å². The van der Waals surface area contributed by atoms with Gasteiger partial charge in [0, 0.05) is 12.8 Å². The molecule has 1 saturated heterocycles. The van der Waals surface area contributed by atoms with Crippen molar-refractivity contribution in [1.82, 2.24) is 20.3 Å². The number of hydrogen-bond acceptors (Lipinski definition) is 5. The maximum Gasteiger partial charge on any atom is 0.321 e. The van der Waals surface area contributed by atoms with Crippen LogP contribution in [-0.4, -0.2) is 37.9 Å². The van der Waals surface area contributed by atoms with Crippen LogP contribution in [0.2, 0.25) is 0 Å². The zero-order valence-corrected chi connectivity index (χ0v) is 8.36. The lowest BCUT2D eigenvalue weighted by Crippen LogP contribution is -2.33. The van der Waals surface area contributed by atoms with Crippen molar-refractivity contribution in [3.05, 3.63) is 11.9 Å². The van der Waals surface area contributed by atoms with E-state index in [0.29, 0.717) is 5.75 Å². The van der Waals surface area contributed by atoms with E-state index in [4.69, 9.17) is 5.11 Å². The van der Waals surface area contributed by atoms with Crippen molar-refractivity contribution in [2.75, 3.05) is 5.75 Å². The van der Waals surface area contributed by atoms with E-state index < -0.39 is 12.0 Å². The van der Waals surface area contributed by atoms with Crippen molar-refractivity contribution in [2.45, 2.75) is 11.4 Å². The summed E-state index contributed by atoms with van der Waals surface area (Å²) in [6, 6.07) is -0.480. The van der Waals surface area contributed by atoms with Gasteiger partial charge in [-0.05, 0) is 0 Å². The summed E-state index contributed by atoms with van der Waals surface area (Å²) in [5.41, 5.74) is 0.779. The SMILES string of the molecule is Cn1cc(C2NC(C(=O)O)CS2)nn1. The lowest BCUT2D eigenvalue weighted by Gasteiger charge is -2.06. The van der Waals surface area contributed by atoms with Gasteiger partial charge >= 0.3 is 5.97 Å². The highest BCUT2D eigenvalue weighted by Crippen LogP contribution is 2.31. The van der Waals surface area contributed by atoms with Crippen molar-refractivity contribution in [3.63, 3.8) is 0 Å². The molecule has 2 heterocycles. The number of carbonyl (C=O) groups is 1. The Morgan fingerprint density at radius 2 is 2.64 bits per heavy atom. The predicted molar refractivity (Wildman–Crippen MR) is 50.8 cm³/mol. The van der Waals surface area contributed by atoms with Crippen LogP contribution in [0.15, 0.2) is 6.20 Å². The Labute approximate surface area is 84.7 Å². The van der Waals surface area contributed by atoms with Gasteiger partial charge in [-0.3, -0.25) is 14.8 Å². The molecule has 0 bridgehead atoms. The van der Waals surface area contributed by atoms with E-state index in [1.165, 1.54) is 11.8 Å². The molecular formula is C7H10N4O2S. The van der Waals surface area contributed by atoms with Crippen LogP contribution in [0.5, 0.6) is 0 Å². The van der Waals surface area contributed by atoms with Crippen molar-refractivity contribution in [2.24, 2.45) is 7.05 Å². The molecule has 2 rings (SSSR count). The summed E-state index contributed by atoms with van der Waals surface area (Å²) in [6.45, 7) is 0. The fourth-order valence-corrected chi connectivity index (χ4v) is 2.43. The van der Waals surface area contributed by atoms with Crippen molar-refractivity contribution >= 4 is 17.7 Å². The first-order chi connectivity index (χ1) is 6.66. The summed E-state index contributed by atoms with van der Waals surface area (Å²) in [5, 5.41) is 19.4. The molecular weight excluding hydrogens is 204 g/mol. The van der Waals surface area contributed by atoms with Crippen LogP contribution in [-0.2, 0) is 11.8 Å². The van der Waals surface area contributed by atoms with Gasteiger partial charge in [0.25, 0.3) is 0 Å². The Bertz CT molecular complexity index is 353. The van der Waals surface area contributed by atoms with Gasteiger partial charge in [-0.1, -0.05) is 5.21 Å². The normalized spacial score (nSPS) is 26.6. The second-order valence-electron chi connectivity index (χ2n) is 3.09. The van der Waals surface area contributed by atoms with Crippen LogP contribution >= 0.6 is 11.8 Å². The number of aliphatic carboxylic acids is 1. The largest absolute Gasteiger partial charge is 0.480 e. The highest BCUT2D eigenvalue weighted by Gasteiger charge is 2.31. The third-order valence-electron chi connectivity index (χ3n) is 1.97. The van der Waals surface area contributed by atoms with Crippen molar-refractivity contribution < 1.29 is 9.90 Å². The summed E-state index contributed by atoms with van der Waals surface area (Å²) in [7, 11) is 1.78. The lowest BCUT2D eigenvalue weighted by molar-refractivity contribution is -0.138. The van der Waals surface area contributed by atoms with Gasteiger partial charge in [0.15, 0.2) is 0 Å². The van der Waals surface area contributed by atoms with Gasteiger partial charge in [0.1, 0.15) is 17.1 Å². The molecule has 1 aromatic heterocycles. The van der Waals surface area contributed by atoms with E-state index in [2.05, 4.69) is 15.6 Å². The monoisotopic (exact) mass is 214 g/mol. The van der Waals surface area contributed by atoms with Crippen LogP contribution in [0.4, 0.5) is 0 Å². The van der Waals surface area contributed by atoms with E-state index in [1.807, 2.05) is 0 Å². The second kappa shape index (κ2) is 3.58. The van der Waals surface area contributed by atoms with Gasteiger partial charge in [-0.15, -0.1) is 16.9 Å². The van der Waals surface area contributed by atoms with E-state index in [1.54, 1.807) is 17.9 Å². The number of carboxylic acids is 1. The molecule has 14 heavy (non-hydrogen) atoms. The Morgan fingerprint density at radius 3 is 3.14 bits per heavy atom. The Hall–Kier alpha value is -1.08. The molecule has 0 saturated carbocycles. The third kappa shape index (κ3) is 1.73. The summed E-state index contributed by atoms with van der Waals surface area (Å²) >= 11 is 1.54. The molecule has 0 amide bonds. The van der Waals surface area contributed by atoms with Crippen LogP contribution in [0.25, 0.3) is 0 Å². The molecule has 6 nitrogen and oxygen atoms in total. The molecule has 7 heteroatoms. The molecule has 76 valence electrons. The predicted octanol–water partition coefficient (Wildman–Crippen LogP) is -0.397. The topological polar surface area (TPSA) is 80.0 Å². The molecule has 2 atom stereocenters. The number of nitrogens with zero attached hydrogens (tertiary/aromatic N) is 3. The maximum atomic E-state index is 10.7.